The lowest BCUT2D eigenvalue weighted by Crippen LogP contribution is -2.32. The monoisotopic (exact) mass is 348 g/mol. The molecule has 0 atom stereocenters. The number of pyridine rings is 1. The molecule has 0 N–H and O–H groups in total. The van der Waals surface area contributed by atoms with Crippen LogP contribution in [0.5, 0.6) is 0 Å². The maximum atomic E-state index is 12.6. The average Bonchev–Trinajstić information content (AvgIpc) is 2.59. The van der Waals surface area contributed by atoms with Crippen LogP contribution in [-0.4, -0.2) is 22.4 Å². The minimum absolute atomic E-state index is 0.106. The third kappa shape index (κ3) is 5.88. The Hall–Kier alpha value is -1.52. The molecule has 0 aliphatic heterocycles. The first kappa shape index (κ1) is 17.8. The molecule has 1 heterocycles. The number of anilines is 1. The normalized spacial score (nSPS) is 10.5. The fourth-order valence-electron chi connectivity index (χ4n) is 2.09. The van der Waals surface area contributed by atoms with E-state index in [4.69, 9.17) is 11.6 Å². The van der Waals surface area contributed by atoms with Crippen LogP contribution in [-0.2, 0) is 11.3 Å². The van der Waals surface area contributed by atoms with E-state index < -0.39 is 0 Å². The van der Waals surface area contributed by atoms with Crippen LogP contribution < -0.4 is 4.90 Å². The number of benzene rings is 1. The number of halogens is 1. The Labute approximate surface area is 147 Å². The molecule has 122 valence electrons. The van der Waals surface area contributed by atoms with Gasteiger partial charge >= 0.3 is 0 Å². The topological polar surface area (TPSA) is 33.2 Å². The van der Waals surface area contributed by atoms with Gasteiger partial charge in [-0.3, -0.25) is 9.78 Å². The summed E-state index contributed by atoms with van der Waals surface area (Å²) < 4.78 is 0. The molecule has 0 aliphatic rings. The zero-order chi connectivity index (χ0) is 16.5. The van der Waals surface area contributed by atoms with E-state index in [0.717, 1.165) is 29.8 Å². The molecule has 0 fully saturated rings. The van der Waals surface area contributed by atoms with Crippen molar-refractivity contribution in [2.24, 2.45) is 0 Å². The van der Waals surface area contributed by atoms with Gasteiger partial charge in [0.15, 0.2) is 0 Å². The molecule has 0 radical (unpaired) electrons. The Morgan fingerprint density at radius 1 is 1.26 bits per heavy atom. The lowest BCUT2D eigenvalue weighted by molar-refractivity contribution is -0.116. The molecule has 2 aromatic rings. The van der Waals surface area contributed by atoms with Gasteiger partial charge in [-0.05, 0) is 42.0 Å². The van der Waals surface area contributed by atoms with Crippen LogP contribution in [0.2, 0.25) is 5.02 Å². The summed E-state index contributed by atoms with van der Waals surface area (Å²) in [4.78, 5) is 18.5. The molecular weight excluding hydrogens is 328 g/mol. The molecule has 0 spiro atoms. The first-order valence-corrected chi connectivity index (χ1v) is 9.26. The van der Waals surface area contributed by atoms with Crippen molar-refractivity contribution in [3.8, 4) is 0 Å². The summed E-state index contributed by atoms with van der Waals surface area (Å²) in [7, 11) is 0. The predicted molar refractivity (Wildman–Crippen MR) is 99.1 cm³/mol. The van der Waals surface area contributed by atoms with Crippen LogP contribution in [0.15, 0.2) is 48.8 Å². The summed E-state index contributed by atoms with van der Waals surface area (Å²) in [6.45, 7) is 2.68. The highest BCUT2D eigenvalue weighted by atomic mass is 35.5. The van der Waals surface area contributed by atoms with Crippen LogP contribution in [0.4, 0.5) is 5.69 Å². The molecule has 23 heavy (non-hydrogen) atoms. The van der Waals surface area contributed by atoms with E-state index in [1.54, 1.807) is 29.1 Å². The number of amides is 1. The van der Waals surface area contributed by atoms with Gasteiger partial charge in [-0.1, -0.05) is 37.1 Å². The molecule has 0 bridgehead atoms. The minimum atomic E-state index is 0.106. The second-order valence-electron chi connectivity index (χ2n) is 5.22. The number of aromatic nitrogens is 1. The molecule has 5 heteroatoms. The molecule has 1 aromatic carbocycles. The van der Waals surface area contributed by atoms with Crippen LogP contribution in [0, 0.1) is 0 Å². The first-order chi connectivity index (χ1) is 11.2. The van der Waals surface area contributed by atoms with Gasteiger partial charge in [-0.2, -0.15) is 11.8 Å². The number of rotatable bonds is 8. The first-order valence-electron chi connectivity index (χ1n) is 7.73. The van der Waals surface area contributed by atoms with Crippen molar-refractivity contribution in [3.63, 3.8) is 0 Å². The maximum absolute atomic E-state index is 12.6. The highest BCUT2D eigenvalue weighted by molar-refractivity contribution is 7.99. The minimum Gasteiger partial charge on any atom is -0.306 e. The number of hydrogen-bond acceptors (Lipinski definition) is 3. The quantitative estimate of drug-likeness (QED) is 0.642. The zero-order valence-electron chi connectivity index (χ0n) is 13.2. The van der Waals surface area contributed by atoms with Crippen molar-refractivity contribution in [3.05, 3.63) is 59.4 Å². The van der Waals surface area contributed by atoms with Gasteiger partial charge < -0.3 is 4.90 Å². The summed E-state index contributed by atoms with van der Waals surface area (Å²) >= 11 is 7.62. The summed E-state index contributed by atoms with van der Waals surface area (Å²) in [5.74, 6) is 1.61. The third-order valence-electron chi connectivity index (χ3n) is 3.38. The van der Waals surface area contributed by atoms with Gasteiger partial charge in [0.2, 0.25) is 5.91 Å². The van der Waals surface area contributed by atoms with Gasteiger partial charge in [0.05, 0.1) is 24.2 Å². The van der Waals surface area contributed by atoms with Crippen LogP contribution in [0.1, 0.15) is 25.3 Å². The van der Waals surface area contributed by atoms with Gasteiger partial charge in [-0.15, -0.1) is 0 Å². The SMILES string of the molecule is CCCCSCC(=O)N(Cc1ccc(Cl)cc1)c1cccnc1. The molecule has 3 nitrogen and oxygen atoms in total. The smallest absolute Gasteiger partial charge is 0.237 e. The molecule has 1 amide bonds. The molecular formula is C18H21ClN2OS. The fraction of sp³-hybridized carbons (Fsp3) is 0.333. The molecule has 2 rings (SSSR count). The summed E-state index contributed by atoms with van der Waals surface area (Å²) in [6.07, 6.45) is 5.73. The van der Waals surface area contributed by atoms with Gasteiger partial charge in [0, 0.05) is 11.2 Å². The van der Waals surface area contributed by atoms with Crippen molar-refractivity contribution >= 4 is 35.0 Å². The lowest BCUT2D eigenvalue weighted by Gasteiger charge is -2.22. The Kier molecular flexibility index (Phi) is 7.43. The standard InChI is InChI=1S/C18H21ClN2OS/c1-2-3-11-23-14-18(22)21(17-5-4-10-20-12-17)13-15-6-8-16(19)9-7-15/h4-10,12H,2-3,11,13-14H2,1H3. The predicted octanol–water partition coefficient (Wildman–Crippen LogP) is 4.80. The maximum Gasteiger partial charge on any atom is 0.237 e. The van der Waals surface area contributed by atoms with Crippen LogP contribution >= 0.6 is 23.4 Å². The van der Waals surface area contributed by atoms with E-state index in [9.17, 15) is 4.79 Å². The highest BCUT2D eigenvalue weighted by Gasteiger charge is 2.16. The fourth-order valence-corrected chi connectivity index (χ4v) is 3.19. The largest absolute Gasteiger partial charge is 0.306 e. The molecule has 0 saturated heterocycles. The van der Waals surface area contributed by atoms with Crippen molar-refractivity contribution < 1.29 is 4.79 Å². The van der Waals surface area contributed by atoms with Gasteiger partial charge in [0.25, 0.3) is 0 Å². The van der Waals surface area contributed by atoms with Crippen molar-refractivity contribution in [2.45, 2.75) is 26.3 Å². The van der Waals surface area contributed by atoms with Crippen molar-refractivity contribution in [1.29, 1.82) is 0 Å². The number of hydrogen-bond donors (Lipinski definition) is 0. The second kappa shape index (κ2) is 9.58. The molecule has 1 aromatic heterocycles. The Morgan fingerprint density at radius 3 is 2.70 bits per heavy atom. The highest BCUT2D eigenvalue weighted by Crippen LogP contribution is 2.19. The van der Waals surface area contributed by atoms with E-state index in [2.05, 4.69) is 11.9 Å². The van der Waals surface area contributed by atoms with E-state index in [1.165, 1.54) is 0 Å². The van der Waals surface area contributed by atoms with Gasteiger partial charge in [0.1, 0.15) is 0 Å². The number of carbonyl (C=O) groups is 1. The Balaban J connectivity index is 2.08. The van der Waals surface area contributed by atoms with E-state index >= 15 is 0 Å². The van der Waals surface area contributed by atoms with Crippen LogP contribution in [0.3, 0.4) is 0 Å². The number of nitrogens with zero attached hydrogens (tertiary/aromatic N) is 2. The number of unbranched alkanes of at least 4 members (excludes halogenated alkanes) is 1. The Bertz CT molecular complexity index is 604. The molecule has 0 unspecified atom stereocenters. The van der Waals surface area contributed by atoms with Crippen molar-refractivity contribution in [2.75, 3.05) is 16.4 Å². The van der Waals surface area contributed by atoms with Gasteiger partial charge in [-0.25, -0.2) is 0 Å². The van der Waals surface area contributed by atoms with Crippen molar-refractivity contribution in [1.82, 2.24) is 4.98 Å². The van der Waals surface area contributed by atoms with E-state index in [1.807, 2.05) is 36.4 Å². The third-order valence-corrected chi connectivity index (χ3v) is 4.66. The Morgan fingerprint density at radius 2 is 2.04 bits per heavy atom. The summed E-state index contributed by atoms with van der Waals surface area (Å²) in [6, 6.07) is 11.4. The van der Waals surface area contributed by atoms with E-state index in [-0.39, 0.29) is 5.91 Å². The average molecular weight is 349 g/mol. The zero-order valence-corrected chi connectivity index (χ0v) is 14.8. The molecule has 0 saturated carbocycles. The second-order valence-corrected chi connectivity index (χ2v) is 6.77. The number of thioether (sulfide) groups is 1. The van der Waals surface area contributed by atoms with Crippen LogP contribution in [0.25, 0.3) is 0 Å². The summed E-state index contributed by atoms with van der Waals surface area (Å²) in [5, 5.41) is 0.697. The van der Waals surface area contributed by atoms with E-state index in [0.29, 0.717) is 17.3 Å². The summed E-state index contributed by atoms with van der Waals surface area (Å²) in [5.41, 5.74) is 1.87. The lowest BCUT2D eigenvalue weighted by atomic mass is 10.2. The number of carbonyl (C=O) groups excluding carboxylic acids is 1. The molecule has 0 aliphatic carbocycles.